The zero-order valence-corrected chi connectivity index (χ0v) is 26.1. The number of methoxy groups -OCH3 is 1. The number of carbonyl (C=O) groups excluding carboxylic acids is 2. The number of piperazine rings is 1. The summed E-state index contributed by atoms with van der Waals surface area (Å²) in [4.78, 5) is 31.1. The van der Waals surface area contributed by atoms with E-state index in [1.807, 2.05) is 12.1 Å². The Labute approximate surface area is 267 Å². The molecule has 46 heavy (non-hydrogen) atoms. The van der Waals surface area contributed by atoms with Crippen LogP contribution in [-0.4, -0.2) is 68.2 Å². The van der Waals surface area contributed by atoms with Crippen molar-refractivity contribution in [3.63, 3.8) is 0 Å². The molecule has 242 valence electrons. The third-order valence-corrected chi connectivity index (χ3v) is 8.58. The first-order valence-electron chi connectivity index (χ1n) is 15.3. The number of hydrogen-bond donors (Lipinski definition) is 1. The van der Waals surface area contributed by atoms with Crippen molar-refractivity contribution in [2.45, 2.75) is 32.0 Å². The molecule has 0 saturated carbocycles. The number of allylic oxidation sites excluding steroid dienone is 2. The molecular weight excluding hydrogens is 595 g/mol. The van der Waals surface area contributed by atoms with Gasteiger partial charge in [-0.1, -0.05) is 78.9 Å². The molecule has 2 heterocycles. The molecule has 1 saturated heterocycles. The predicted octanol–water partition coefficient (Wildman–Crippen LogP) is 6.06. The SMILES string of the molecule is COC(=O)C1=C(C)NC(C)=C(C(=O)OCCN2CCN(C(c3ccccc3)c3ccccc3)CC2)C1c1cccc(C(F)(F)F)c1. The topological polar surface area (TPSA) is 71.1 Å². The highest BCUT2D eigenvalue weighted by Crippen LogP contribution is 2.41. The number of nitrogens with zero attached hydrogens (tertiary/aromatic N) is 2. The molecule has 0 bridgehead atoms. The van der Waals surface area contributed by atoms with Gasteiger partial charge in [-0.2, -0.15) is 13.2 Å². The van der Waals surface area contributed by atoms with Gasteiger partial charge in [0.25, 0.3) is 0 Å². The zero-order valence-electron chi connectivity index (χ0n) is 26.1. The van der Waals surface area contributed by atoms with Gasteiger partial charge in [-0.15, -0.1) is 0 Å². The molecular formula is C36H38F3N3O4. The first-order valence-corrected chi connectivity index (χ1v) is 15.3. The van der Waals surface area contributed by atoms with Crippen LogP contribution in [-0.2, 0) is 25.2 Å². The summed E-state index contributed by atoms with van der Waals surface area (Å²) >= 11 is 0. The molecule has 0 amide bonds. The van der Waals surface area contributed by atoms with Gasteiger partial charge in [0.05, 0.1) is 35.8 Å². The van der Waals surface area contributed by atoms with E-state index in [0.29, 0.717) is 17.9 Å². The molecule has 3 aromatic rings. The number of alkyl halides is 3. The Bertz CT molecular complexity index is 1560. The fraction of sp³-hybridized carbons (Fsp3) is 0.333. The Hall–Kier alpha value is -4.41. The van der Waals surface area contributed by atoms with Crippen LogP contribution < -0.4 is 5.32 Å². The smallest absolute Gasteiger partial charge is 0.416 e. The van der Waals surface area contributed by atoms with Crippen molar-refractivity contribution >= 4 is 11.9 Å². The number of carbonyl (C=O) groups is 2. The second kappa shape index (κ2) is 14.3. The Morgan fingerprint density at radius 3 is 1.93 bits per heavy atom. The van der Waals surface area contributed by atoms with Crippen molar-refractivity contribution in [1.29, 1.82) is 0 Å². The molecule has 1 N–H and O–H groups in total. The summed E-state index contributed by atoms with van der Waals surface area (Å²) in [6, 6.07) is 25.6. The third-order valence-electron chi connectivity index (χ3n) is 8.58. The molecule has 10 heteroatoms. The normalized spacial score (nSPS) is 18.0. The summed E-state index contributed by atoms with van der Waals surface area (Å²) in [7, 11) is 1.19. The third kappa shape index (κ3) is 7.35. The molecule has 2 aliphatic heterocycles. The number of hydrogen-bond acceptors (Lipinski definition) is 7. The molecule has 0 spiro atoms. The van der Waals surface area contributed by atoms with E-state index in [1.165, 1.54) is 30.4 Å². The molecule has 0 radical (unpaired) electrons. The lowest BCUT2D eigenvalue weighted by molar-refractivity contribution is -0.140. The number of halogens is 3. The maximum atomic E-state index is 13.6. The van der Waals surface area contributed by atoms with Gasteiger partial charge < -0.3 is 14.8 Å². The van der Waals surface area contributed by atoms with Crippen LogP contribution in [0.4, 0.5) is 13.2 Å². The van der Waals surface area contributed by atoms with E-state index >= 15 is 0 Å². The highest BCUT2D eigenvalue weighted by atomic mass is 19.4. The molecule has 7 nitrogen and oxygen atoms in total. The van der Waals surface area contributed by atoms with Crippen LogP contribution in [0.25, 0.3) is 0 Å². The number of esters is 2. The Morgan fingerprint density at radius 2 is 1.39 bits per heavy atom. The quantitative estimate of drug-likeness (QED) is 0.287. The van der Waals surface area contributed by atoms with Crippen molar-refractivity contribution in [3.8, 4) is 0 Å². The van der Waals surface area contributed by atoms with Crippen LogP contribution in [0, 0.1) is 0 Å². The minimum absolute atomic E-state index is 0.0573. The molecule has 1 atom stereocenters. The zero-order chi connectivity index (χ0) is 32.8. The molecule has 0 aliphatic carbocycles. The Morgan fingerprint density at radius 1 is 0.826 bits per heavy atom. The van der Waals surface area contributed by atoms with E-state index in [1.54, 1.807) is 13.8 Å². The van der Waals surface area contributed by atoms with Gasteiger partial charge in [0.2, 0.25) is 0 Å². The van der Waals surface area contributed by atoms with Crippen molar-refractivity contribution in [2.24, 2.45) is 0 Å². The summed E-state index contributed by atoms with van der Waals surface area (Å²) in [5.74, 6) is -2.54. The number of benzene rings is 3. The van der Waals surface area contributed by atoms with E-state index in [2.05, 4.69) is 63.6 Å². The minimum Gasteiger partial charge on any atom is -0.466 e. The summed E-state index contributed by atoms with van der Waals surface area (Å²) in [6.07, 6.45) is -4.60. The standard InChI is InChI=1S/C36H38F3N3O4/c1-24-30(34(43)45-3)32(28-15-10-16-29(23-28)36(37,38)39)31(25(2)40-24)35(44)46-22-21-41-17-19-42(20-18-41)33(26-11-6-4-7-12-26)27-13-8-5-9-14-27/h4-16,23,32-33,40H,17-22H2,1-3H3. The van der Waals surface area contributed by atoms with Gasteiger partial charge in [-0.25, -0.2) is 9.59 Å². The average Bonchev–Trinajstić information content (AvgIpc) is 3.05. The molecule has 5 rings (SSSR count). The first kappa shape index (κ1) is 33.0. The van der Waals surface area contributed by atoms with Crippen LogP contribution in [0.1, 0.15) is 48.1 Å². The van der Waals surface area contributed by atoms with Crippen LogP contribution in [0.15, 0.2) is 107 Å². The van der Waals surface area contributed by atoms with Gasteiger partial charge in [-0.05, 0) is 36.6 Å². The number of rotatable bonds is 9. The van der Waals surface area contributed by atoms with Gasteiger partial charge in [0, 0.05) is 44.1 Å². The fourth-order valence-corrected chi connectivity index (χ4v) is 6.35. The van der Waals surface area contributed by atoms with Crippen molar-refractivity contribution in [3.05, 3.63) is 130 Å². The van der Waals surface area contributed by atoms with Gasteiger partial charge in [0.1, 0.15) is 6.61 Å². The largest absolute Gasteiger partial charge is 0.466 e. The second-order valence-electron chi connectivity index (χ2n) is 11.5. The van der Waals surface area contributed by atoms with E-state index in [0.717, 1.165) is 38.3 Å². The molecule has 3 aromatic carbocycles. The summed E-state index contributed by atoms with van der Waals surface area (Å²) < 4.78 is 51.6. The maximum absolute atomic E-state index is 13.6. The average molecular weight is 634 g/mol. The predicted molar refractivity (Wildman–Crippen MR) is 168 cm³/mol. The van der Waals surface area contributed by atoms with Crippen molar-refractivity contribution in [1.82, 2.24) is 15.1 Å². The highest BCUT2D eigenvalue weighted by molar-refractivity contribution is 5.99. The Kier molecular flexibility index (Phi) is 10.3. The molecule has 1 unspecified atom stereocenters. The highest BCUT2D eigenvalue weighted by Gasteiger charge is 2.39. The fourth-order valence-electron chi connectivity index (χ4n) is 6.35. The monoisotopic (exact) mass is 633 g/mol. The van der Waals surface area contributed by atoms with E-state index in [9.17, 15) is 22.8 Å². The maximum Gasteiger partial charge on any atom is 0.416 e. The van der Waals surface area contributed by atoms with Crippen molar-refractivity contribution < 1.29 is 32.2 Å². The minimum atomic E-state index is -4.60. The van der Waals surface area contributed by atoms with Gasteiger partial charge in [0.15, 0.2) is 0 Å². The first-order chi connectivity index (χ1) is 22.1. The van der Waals surface area contributed by atoms with Crippen molar-refractivity contribution in [2.75, 3.05) is 46.4 Å². The van der Waals surface area contributed by atoms with Gasteiger partial charge in [-0.3, -0.25) is 9.80 Å². The van der Waals surface area contributed by atoms with E-state index in [4.69, 9.17) is 9.47 Å². The van der Waals surface area contributed by atoms with Crippen LogP contribution >= 0.6 is 0 Å². The molecule has 2 aliphatic rings. The number of nitrogens with one attached hydrogen (secondary N) is 1. The Balaban J connectivity index is 1.27. The number of dihydropyridines is 1. The van der Waals surface area contributed by atoms with Crippen LogP contribution in [0.3, 0.4) is 0 Å². The lowest BCUT2D eigenvalue weighted by Gasteiger charge is -2.39. The van der Waals surface area contributed by atoms with Crippen LogP contribution in [0.2, 0.25) is 0 Å². The summed E-state index contributed by atoms with van der Waals surface area (Å²) in [5.41, 5.74) is 2.65. The lowest BCUT2D eigenvalue weighted by atomic mass is 9.80. The molecule has 1 fully saturated rings. The van der Waals surface area contributed by atoms with E-state index < -0.39 is 29.6 Å². The lowest BCUT2D eigenvalue weighted by Crippen LogP contribution is -2.48. The number of ether oxygens (including phenoxy) is 2. The molecule has 0 aromatic heterocycles. The van der Waals surface area contributed by atoms with E-state index in [-0.39, 0.29) is 29.4 Å². The van der Waals surface area contributed by atoms with Crippen LogP contribution in [0.5, 0.6) is 0 Å². The van der Waals surface area contributed by atoms with Gasteiger partial charge >= 0.3 is 18.1 Å². The summed E-state index contributed by atoms with van der Waals surface area (Å²) in [5, 5.41) is 3.02. The second-order valence-corrected chi connectivity index (χ2v) is 11.5. The summed E-state index contributed by atoms with van der Waals surface area (Å²) in [6.45, 7) is 7.04.